The standard InChI is InChI=1S/2C17H23.C2H6Si.2ClH.Zr/c2*1-4-5-6-7-8-15-10-9-14(3)16-11-13(2)12-17(15)16;1-3-2;;;/h2*9-12H,4-8H2,1-3H3;1-2H3;2*1H;/q2*-1;;;;+4/p-2. The summed E-state index contributed by atoms with van der Waals surface area (Å²) in [5.74, 6) is 0. The van der Waals surface area contributed by atoms with E-state index < -0.39 is 20.8 Å². The zero-order valence-corrected chi connectivity index (χ0v) is 31.4. The number of hydrogen-bond donors (Lipinski definition) is 0. The van der Waals surface area contributed by atoms with Crippen molar-refractivity contribution in [2.75, 3.05) is 0 Å². The second kappa shape index (κ2) is 22.0. The molecule has 0 spiro atoms. The SMILES string of the molecule is CCCCCCc1ccc(C)c2[cH-]c(C)cc12.CCCCCCc1ccc(C)c2[cH-]c(C)cc12.C[Si]C.[Cl][Zr+2][Cl]. The molecule has 0 heterocycles. The van der Waals surface area contributed by atoms with Gasteiger partial charge in [0.15, 0.2) is 0 Å². The second-order valence-corrected chi connectivity index (χ2v) is 15.7. The number of hydrogen-bond acceptors (Lipinski definition) is 0. The summed E-state index contributed by atoms with van der Waals surface area (Å²) in [7, 11) is 11.0. The van der Waals surface area contributed by atoms with Crippen molar-refractivity contribution in [3.63, 3.8) is 0 Å². The van der Waals surface area contributed by atoms with Gasteiger partial charge in [0.2, 0.25) is 0 Å². The Balaban J connectivity index is 0.000000335. The van der Waals surface area contributed by atoms with E-state index >= 15 is 0 Å². The summed E-state index contributed by atoms with van der Waals surface area (Å²) in [6.07, 6.45) is 13.2. The van der Waals surface area contributed by atoms with E-state index in [1.54, 1.807) is 0 Å². The van der Waals surface area contributed by atoms with Gasteiger partial charge in [-0.3, -0.25) is 0 Å². The minimum absolute atomic E-state index is 0.826. The van der Waals surface area contributed by atoms with Gasteiger partial charge in [0.1, 0.15) is 0 Å². The van der Waals surface area contributed by atoms with Crippen molar-refractivity contribution in [3.8, 4) is 0 Å². The van der Waals surface area contributed by atoms with Crippen LogP contribution in [0.15, 0.2) is 48.5 Å². The molecule has 4 heteroatoms. The summed E-state index contributed by atoms with van der Waals surface area (Å²) in [6.45, 7) is 17.7. The molecule has 0 amide bonds. The van der Waals surface area contributed by atoms with Crippen LogP contribution in [0.4, 0.5) is 0 Å². The van der Waals surface area contributed by atoms with Crippen molar-refractivity contribution in [1.29, 1.82) is 0 Å². The number of fused-ring (bicyclic) bond motifs is 2. The first kappa shape index (κ1) is 37.4. The van der Waals surface area contributed by atoms with Crippen molar-refractivity contribution in [1.82, 2.24) is 0 Å². The Morgan fingerprint density at radius 1 is 0.625 bits per heavy atom. The predicted molar refractivity (Wildman–Crippen MR) is 183 cm³/mol. The fraction of sp³-hybridized carbons (Fsp3) is 0.500. The third kappa shape index (κ3) is 13.1. The van der Waals surface area contributed by atoms with Crippen LogP contribution in [0.25, 0.3) is 21.5 Å². The molecule has 0 fully saturated rings. The molecule has 40 heavy (non-hydrogen) atoms. The van der Waals surface area contributed by atoms with E-state index in [0.717, 1.165) is 9.52 Å². The van der Waals surface area contributed by atoms with Crippen LogP contribution < -0.4 is 0 Å². The van der Waals surface area contributed by atoms with Gasteiger partial charge in [0.05, 0.1) is 0 Å². The Hall–Kier alpha value is -0.660. The molecule has 0 N–H and O–H groups in total. The van der Waals surface area contributed by atoms with Crippen LogP contribution in [0.1, 0.15) is 98.6 Å². The zero-order valence-electron chi connectivity index (χ0n) is 26.4. The molecule has 0 nitrogen and oxygen atoms in total. The topological polar surface area (TPSA) is 0 Å². The zero-order chi connectivity index (χ0) is 29.9. The molecule has 0 atom stereocenters. The van der Waals surface area contributed by atoms with Crippen LogP contribution in [0.3, 0.4) is 0 Å². The van der Waals surface area contributed by atoms with E-state index in [2.05, 4.69) is 103 Å². The van der Waals surface area contributed by atoms with Gasteiger partial charge in [-0.2, -0.15) is 12.1 Å². The van der Waals surface area contributed by atoms with Gasteiger partial charge in [-0.15, -0.1) is 68.1 Å². The predicted octanol–water partition coefficient (Wildman–Crippen LogP) is 12.8. The summed E-state index contributed by atoms with van der Waals surface area (Å²) >= 11 is -0.826. The molecule has 0 unspecified atom stereocenters. The molecule has 0 aromatic heterocycles. The molecule has 4 aromatic carbocycles. The minimum atomic E-state index is -0.826. The van der Waals surface area contributed by atoms with Crippen molar-refractivity contribution < 1.29 is 20.8 Å². The fourth-order valence-corrected chi connectivity index (χ4v) is 5.22. The maximum atomic E-state index is 4.93. The van der Waals surface area contributed by atoms with Crippen LogP contribution in [0.5, 0.6) is 0 Å². The van der Waals surface area contributed by atoms with Crippen molar-refractivity contribution in [3.05, 3.63) is 81.9 Å². The Morgan fingerprint density at radius 3 is 1.30 bits per heavy atom. The van der Waals surface area contributed by atoms with Gasteiger partial charge in [0.25, 0.3) is 0 Å². The number of aryl methyl sites for hydroxylation is 6. The van der Waals surface area contributed by atoms with Crippen molar-refractivity contribution in [2.24, 2.45) is 0 Å². The van der Waals surface area contributed by atoms with E-state index in [4.69, 9.17) is 17.0 Å². The molecular formula is C36H52Cl2SiZr. The van der Waals surface area contributed by atoms with Gasteiger partial charge < -0.3 is 0 Å². The van der Waals surface area contributed by atoms with E-state index in [9.17, 15) is 0 Å². The van der Waals surface area contributed by atoms with Crippen molar-refractivity contribution >= 4 is 48.1 Å². The van der Waals surface area contributed by atoms with E-state index in [1.165, 1.54) is 119 Å². The van der Waals surface area contributed by atoms with E-state index in [-0.39, 0.29) is 0 Å². The van der Waals surface area contributed by atoms with Gasteiger partial charge in [0, 0.05) is 9.52 Å². The fourth-order valence-electron chi connectivity index (χ4n) is 5.22. The second-order valence-electron chi connectivity index (χ2n) is 11.0. The van der Waals surface area contributed by atoms with Gasteiger partial charge in [-0.25, -0.2) is 0 Å². The first-order chi connectivity index (χ1) is 19.3. The quantitative estimate of drug-likeness (QED) is 0.0892. The molecule has 218 valence electrons. The molecule has 4 rings (SSSR count). The third-order valence-electron chi connectivity index (χ3n) is 7.28. The first-order valence-corrected chi connectivity index (χ1v) is 23.5. The molecular weight excluding hydrogens is 623 g/mol. The molecule has 0 saturated carbocycles. The third-order valence-corrected chi connectivity index (χ3v) is 7.28. The van der Waals surface area contributed by atoms with Crippen LogP contribution >= 0.6 is 17.0 Å². The molecule has 0 bridgehead atoms. The Kier molecular flexibility index (Phi) is 20.5. The molecule has 0 saturated heterocycles. The van der Waals surface area contributed by atoms with Gasteiger partial charge in [-0.1, -0.05) is 129 Å². The van der Waals surface area contributed by atoms with Crippen LogP contribution in [0, 0.1) is 27.7 Å². The molecule has 0 aliphatic rings. The normalized spacial score (nSPS) is 10.2. The Labute approximate surface area is 267 Å². The van der Waals surface area contributed by atoms with E-state index in [0.29, 0.717) is 0 Å². The van der Waals surface area contributed by atoms with Crippen LogP contribution in [0.2, 0.25) is 13.1 Å². The van der Waals surface area contributed by atoms with Crippen LogP contribution in [-0.4, -0.2) is 9.52 Å². The number of benzene rings is 2. The number of halogens is 2. The molecule has 2 radical (unpaired) electrons. The average Bonchev–Trinajstić information content (AvgIpc) is 3.52. The first-order valence-electron chi connectivity index (χ1n) is 15.1. The summed E-state index contributed by atoms with van der Waals surface area (Å²) in [6, 6.07) is 18.5. The molecule has 4 aromatic rings. The van der Waals surface area contributed by atoms with Gasteiger partial charge >= 0.3 is 37.9 Å². The van der Waals surface area contributed by atoms with Gasteiger partial charge in [-0.05, 0) is 12.8 Å². The van der Waals surface area contributed by atoms with E-state index in [1.807, 2.05) is 0 Å². The summed E-state index contributed by atoms with van der Waals surface area (Å²) in [5, 5.41) is 5.88. The van der Waals surface area contributed by atoms with Crippen molar-refractivity contribution in [2.45, 2.75) is 119 Å². The summed E-state index contributed by atoms with van der Waals surface area (Å²) in [4.78, 5) is 0. The summed E-state index contributed by atoms with van der Waals surface area (Å²) in [5.41, 5.74) is 8.67. The number of unbranched alkanes of at least 4 members (excludes halogenated alkanes) is 6. The van der Waals surface area contributed by atoms with Crippen LogP contribution in [-0.2, 0) is 33.7 Å². The monoisotopic (exact) mass is 672 g/mol. The molecule has 0 aliphatic carbocycles. The molecule has 0 aliphatic heterocycles. The average molecular weight is 675 g/mol. The Morgan fingerprint density at radius 2 is 0.975 bits per heavy atom. The summed E-state index contributed by atoms with van der Waals surface area (Å²) < 4.78 is 0. The maximum absolute atomic E-state index is 4.93. The Bertz CT molecular complexity index is 1120. The number of rotatable bonds is 10.